The molecule has 88 valence electrons. The molecule has 1 amide bonds. The number of phenols is 1. The van der Waals surface area contributed by atoms with Crippen molar-refractivity contribution >= 4 is 5.91 Å². The summed E-state index contributed by atoms with van der Waals surface area (Å²) in [5.41, 5.74) is 8.06. The topological polar surface area (TPSA) is 75.3 Å². The summed E-state index contributed by atoms with van der Waals surface area (Å²) >= 11 is 0. The molecule has 0 aliphatic carbocycles. The van der Waals surface area contributed by atoms with Crippen LogP contribution in [0.3, 0.4) is 0 Å². The van der Waals surface area contributed by atoms with Crippen LogP contribution in [0.5, 0.6) is 5.75 Å². The van der Waals surface area contributed by atoms with Gasteiger partial charge in [0, 0.05) is 12.1 Å². The Hall–Kier alpha value is -1.55. The zero-order chi connectivity index (χ0) is 12.3. The van der Waals surface area contributed by atoms with Gasteiger partial charge in [-0.25, -0.2) is 0 Å². The number of aromatic hydroxyl groups is 1. The summed E-state index contributed by atoms with van der Waals surface area (Å²) < 4.78 is 0. The molecule has 0 bridgehead atoms. The fourth-order valence-electron chi connectivity index (χ4n) is 1.37. The van der Waals surface area contributed by atoms with Gasteiger partial charge in [-0.05, 0) is 38.0 Å². The Morgan fingerprint density at radius 2 is 2.00 bits per heavy atom. The highest BCUT2D eigenvalue weighted by atomic mass is 16.3. The predicted octanol–water partition coefficient (Wildman–Crippen LogP) is 0.972. The summed E-state index contributed by atoms with van der Waals surface area (Å²) in [7, 11) is 0. The largest absolute Gasteiger partial charge is 0.508 e. The smallest absolute Gasteiger partial charge is 0.234 e. The van der Waals surface area contributed by atoms with Crippen LogP contribution in [0.4, 0.5) is 0 Å². The third-order valence-corrected chi connectivity index (χ3v) is 2.72. The number of rotatable bonds is 4. The van der Waals surface area contributed by atoms with E-state index in [0.29, 0.717) is 6.54 Å². The van der Waals surface area contributed by atoms with E-state index in [9.17, 15) is 9.90 Å². The molecule has 0 aliphatic heterocycles. The van der Waals surface area contributed by atoms with Crippen LogP contribution >= 0.6 is 0 Å². The Labute approximate surface area is 95.5 Å². The highest BCUT2D eigenvalue weighted by molar-refractivity contribution is 5.79. The Bertz CT molecular complexity index is 402. The van der Waals surface area contributed by atoms with Gasteiger partial charge in [-0.15, -0.1) is 0 Å². The summed E-state index contributed by atoms with van der Waals surface area (Å²) in [6.07, 6.45) is 0. The van der Waals surface area contributed by atoms with E-state index in [1.54, 1.807) is 13.0 Å². The molecule has 0 aliphatic rings. The van der Waals surface area contributed by atoms with Gasteiger partial charge in [-0.3, -0.25) is 4.79 Å². The molecular formula is C12H18N2O2. The van der Waals surface area contributed by atoms with Crippen molar-refractivity contribution in [2.24, 2.45) is 5.73 Å². The van der Waals surface area contributed by atoms with E-state index in [1.165, 1.54) is 0 Å². The SMILES string of the molecule is Cc1cc(O)c(CN[C@@H](C)C(N)=O)cc1C. The van der Waals surface area contributed by atoms with Gasteiger partial charge in [0.25, 0.3) is 0 Å². The minimum atomic E-state index is -0.402. The highest BCUT2D eigenvalue weighted by Gasteiger charge is 2.09. The molecule has 0 unspecified atom stereocenters. The van der Waals surface area contributed by atoms with Crippen LogP contribution < -0.4 is 11.1 Å². The van der Waals surface area contributed by atoms with E-state index < -0.39 is 11.9 Å². The quantitative estimate of drug-likeness (QED) is 0.710. The predicted molar refractivity (Wildman–Crippen MR) is 63.1 cm³/mol. The standard InChI is InChI=1S/C12H18N2O2/c1-7-4-10(11(15)5-8(7)2)6-14-9(3)12(13)16/h4-5,9,14-15H,6H2,1-3H3,(H2,13,16)/t9-/m0/s1. The van der Waals surface area contributed by atoms with Crippen molar-refractivity contribution in [3.8, 4) is 5.75 Å². The molecule has 0 saturated carbocycles. The van der Waals surface area contributed by atoms with Crippen molar-refractivity contribution in [1.82, 2.24) is 5.32 Å². The van der Waals surface area contributed by atoms with E-state index in [-0.39, 0.29) is 5.75 Å². The average molecular weight is 222 g/mol. The molecule has 1 aromatic rings. The van der Waals surface area contributed by atoms with Gasteiger partial charge in [0.2, 0.25) is 5.91 Å². The number of carbonyl (C=O) groups is 1. The Kier molecular flexibility index (Phi) is 3.90. The van der Waals surface area contributed by atoms with Crippen molar-refractivity contribution in [3.63, 3.8) is 0 Å². The first-order valence-corrected chi connectivity index (χ1v) is 5.23. The number of hydrogen-bond acceptors (Lipinski definition) is 3. The molecule has 0 heterocycles. The molecule has 4 N–H and O–H groups in total. The molecule has 4 nitrogen and oxygen atoms in total. The lowest BCUT2D eigenvalue weighted by atomic mass is 10.0. The summed E-state index contributed by atoms with van der Waals surface area (Å²) in [6, 6.07) is 3.23. The first kappa shape index (κ1) is 12.5. The second-order valence-electron chi connectivity index (χ2n) is 4.07. The van der Waals surface area contributed by atoms with E-state index in [0.717, 1.165) is 16.7 Å². The molecule has 0 saturated heterocycles. The third-order valence-electron chi connectivity index (χ3n) is 2.72. The fourth-order valence-corrected chi connectivity index (χ4v) is 1.37. The molecular weight excluding hydrogens is 204 g/mol. The zero-order valence-corrected chi connectivity index (χ0v) is 9.87. The maximum absolute atomic E-state index is 10.8. The number of nitrogens with two attached hydrogens (primary N) is 1. The normalized spacial score (nSPS) is 12.4. The van der Waals surface area contributed by atoms with Gasteiger partial charge in [0.15, 0.2) is 0 Å². The van der Waals surface area contributed by atoms with E-state index in [4.69, 9.17) is 5.73 Å². The summed E-state index contributed by atoms with van der Waals surface area (Å²) in [5, 5.41) is 12.7. The minimum absolute atomic E-state index is 0.243. The van der Waals surface area contributed by atoms with Gasteiger partial charge in [0.05, 0.1) is 6.04 Å². The maximum atomic E-state index is 10.8. The maximum Gasteiger partial charge on any atom is 0.234 e. The van der Waals surface area contributed by atoms with Crippen LogP contribution in [0.1, 0.15) is 23.6 Å². The molecule has 0 radical (unpaired) electrons. The summed E-state index contributed by atoms with van der Waals surface area (Å²) in [5.74, 6) is -0.157. The van der Waals surface area contributed by atoms with Crippen LogP contribution in [0.25, 0.3) is 0 Å². The third kappa shape index (κ3) is 2.97. The van der Waals surface area contributed by atoms with E-state index in [1.807, 2.05) is 19.9 Å². The number of amides is 1. The first-order valence-electron chi connectivity index (χ1n) is 5.23. The van der Waals surface area contributed by atoms with Crippen molar-refractivity contribution in [3.05, 3.63) is 28.8 Å². The minimum Gasteiger partial charge on any atom is -0.508 e. The van der Waals surface area contributed by atoms with Crippen LogP contribution in [-0.2, 0) is 11.3 Å². The molecule has 16 heavy (non-hydrogen) atoms. The number of benzene rings is 1. The molecule has 0 aromatic heterocycles. The number of primary amides is 1. The first-order chi connectivity index (χ1) is 7.41. The number of aryl methyl sites for hydroxylation is 2. The Morgan fingerprint density at radius 1 is 1.44 bits per heavy atom. The van der Waals surface area contributed by atoms with Gasteiger partial charge < -0.3 is 16.2 Å². The Balaban J connectivity index is 2.74. The van der Waals surface area contributed by atoms with E-state index >= 15 is 0 Å². The van der Waals surface area contributed by atoms with Crippen LogP contribution in [0.15, 0.2) is 12.1 Å². The van der Waals surface area contributed by atoms with Crippen molar-refractivity contribution in [1.29, 1.82) is 0 Å². The van der Waals surface area contributed by atoms with Crippen molar-refractivity contribution in [2.45, 2.75) is 33.4 Å². The van der Waals surface area contributed by atoms with Crippen molar-refractivity contribution < 1.29 is 9.90 Å². The average Bonchev–Trinajstić information content (AvgIpc) is 2.20. The van der Waals surface area contributed by atoms with E-state index in [2.05, 4.69) is 5.32 Å². The fraction of sp³-hybridized carbons (Fsp3) is 0.417. The van der Waals surface area contributed by atoms with Gasteiger partial charge in [0.1, 0.15) is 5.75 Å². The van der Waals surface area contributed by atoms with Crippen molar-refractivity contribution in [2.75, 3.05) is 0 Å². The zero-order valence-electron chi connectivity index (χ0n) is 9.87. The molecule has 4 heteroatoms. The summed E-state index contributed by atoms with van der Waals surface area (Å²) in [4.78, 5) is 10.8. The molecule has 1 aromatic carbocycles. The molecule has 1 atom stereocenters. The molecule has 0 spiro atoms. The molecule has 0 fully saturated rings. The number of carbonyl (C=O) groups excluding carboxylic acids is 1. The highest BCUT2D eigenvalue weighted by Crippen LogP contribution is 2.21. The lowest BCUT2D eigenvalue weighted by molar-refractivity contribution is -0.119. The lowest BCUT2D eigenvalue weighted by Gasteiger charge is -2.12. The Morgan fingerprint density at radius 3 is 2.56 bits per heavy atom. The monoisotopic (exact) mass is 222 g/mol. The second kappa shape index (κ2) is 4.99. The lowest BCUT2D eigenvalue weighted by Crippen LogP contribution is -2.38. The van der Waals surface area contributed by atoms with Gasteiger partial charge >= 0.3 is 0 Å². The second-order valence-corrected chi connectivity index (χ2v) is 4.07. The van der Waals surface area contributed by atoms with Crippen LogP contribution in [0.2, 0.25) is 0 Å². The van der Waals surface area contributed by atoms with Gasteiger partial charge in [-0.2, -0.15) is 0 Å². The molecule has 1 rings (SSSR count). The van der Waals surface area contributed by atoms with Crippen LogP contribution in [-0.4, -0.2) is 17.1 Å². The van der Waals surface area contributed by atoms with Crippen LogP contribution in [0, 0.1) is 13.8 Å². The number of nitrogens with one attached hydrogen (secondary N) is 1. The van der Waals surface area contributed by atoms with Gasteiger partial charge in [-0.1, -0.05) is 6.07 Å². The number of hydrogen-bond donors (Lipinski definition) is 3. The summed E-state index contributed by atoms with van der Waals surface area (Å²) in [6.45, 7) is 6.05. The number of phenolic OH excluding ortho intramolecular Hbond substituents is 1.